The standard InChI is InChI=1S/C13H18ClFN2/c14-12-10-11(4-5-13(12)15)16-6-3-9-17-7-1-2-8-17/h4-5,10,16H,1-3,6-9H2. The molecule has 4 heteroatoms. The molecule has 1 aliphatic heterocycles. The Hall–Kier alpha value is -0.800. The topological polar surface area (TPSA) is 15.3 Å². The number of benzene rings is 1. The highest BCUT2D eigenvalue weighted by atomic mass is 35.5. The van der Waals surface area contributed by atoms with Gasteiger partial charge in [-0.3, -0.25) is 0 Å². The molecule has 0 spiro atoms. The number of nitrogens with one attached hydrogen (secondary N) is 1. The van der Waals surface area contributed by atoms with Gasteiger partial charge in [-0.15, -0.1) is 0 Å². The van der Waals surface area contributed by atoms with Crippen molar-refractivity contribution in [3.05, 3.63) is 29.0 Å². The van der Waals surface area contributed by atoms with Crippen LogP contribution in [0.3, 0.4) is 0 Å². The Kier molecular flexibility index (Phi) is 4.63. The minimum absolute atomic E-state index is 0.176. The molecule has 0 aliphatic carbocycles. The SMILES string of the molecule is Fc1ccc(NCCCN2CCCC2)cc1Cl. The maximum absolute atomic E-state index is 12.9. The predicted octanol–water partition coefficient (Wildman–Crippen LogP) is 3.38. The lowest BCUT2D eigenvalue weighted by molar-refractivity contribution is 0.337. The van der Waals surface area contributed by atoms with E-state index in [0.717, 1.165) is 25.2 Å². The zero-order chi connectivity index (χ0) is 12.1. The summed E-state index contributed by atoms with van der Waals surface area (Å²) in [6, 6.07) is 4.74. The molecule has 17 heavy (non-hydrogen) atoms. The van der Waals surface area contributed by atoms with Gasteiger partial charge in [0.1, 0.15) is 5.82 Å². The van der Waals surface area contributed by atoms with E-state index in [1.54, 1.807) is 12.1 Å². The van der Waals surface area contributed by atoms with Gasteiger partial charge < -0.3 is 10.2 Å². The largest absolute Gasteiger partial charge is 0.385 e. The third-order valence-corrected chi connectivity index (χ3v) is 3.39. The second-order valence-electron chi connectivity index (χ2n) is 4.46. The molecule has 0 bridgehead atoms. The van der Waals surface area contributed by atoms with Crippen LogP contribution in [0.25, 0.3) is 0 Å². The highest BCUT2D eigenvalue weighted by Crippen LogP contribution is 2.19. The summed E-state index contributed by atoms with van der Waals surface area (Å²) >= 11 is 5.71. The molecule has 0 aromatic heterocycles. The number of anilines is 1. The Morgan fingerprint density at radius 2 is 2.06 bits per heavy atom. The molecule has 2 rings (SSSR count). The van der Waals surface area contributed by atoms with Crippen molar-refractivity contribution in [2.24, 2.45) is 0 Å². The summed E-state index contributed by atoms with van der Waals surface area (Å²) < 4.78 is 12.9. The van der Waals surface area contributed by atoms with Crippen molar-refractivity contribution >= 4 is 17.3 Å². The minimum atomic E-state index is -0.366. The number of halogens is 2. The van der Waals surface area contributed by atoms with Gasteiger partial charge in [-0.1, -0.05) is 11.6 Å². The van der Waals surface area contributed by atoms with E-state index < -0.39 is 0 Å². The van der Waals surface area contributed by atoms with Crippen LogP contribution in [0, 0.1) is 5.82 Å². The van der Waals surface area contributed by atoms with Crippen LogP contribution in [-0.2, 0) is 0 Å². The van der Waals surface area contributed by atoms with Crippen molar-refractivity contribution in [3.63, 3.8) is 0 Å². The van der Waals surface area contributed by atoms with E-state index >= 15 is 0 Å². The van der Waals surface area contributed by atoms with E-state index in [0.29, 0.717) is 0 Å². The van der Waals surface area contributed by atoms with E-state index in [4.69, 9.17) is 11.6 Å². The molecule has 0 amide bonds. The first kappa shape index (κ1) is 12.7. The molecule has 1 aliphatic rings. The van der Waals surface area contributed by atoms with Gasteiger partial charge in [0, 0.05) is 12.2 Å². The van der Waals surface area contributed by atoms with Crippen molar-refractivity contribution in [3.8, 4) is 0 Å². The van der Waals surface area contributed by atoms with Crippen molar-refractivity contribution in [1.29, 1.82) is 0 Å². The summed E-state index contributed by atoms with van der Waals surface area (Å²) in [6.07, 6.45) is 3.77. The van der Waals surface area contributed by atoms with E-state index in [1.807, 2.05) is 0 Å². The Balaban J connectivity index is 1.68. The van der Waals surface area contributed by atoms with Crippen molar-refractivity contribution in [2.45, 2.75) is 19.3 Å². The van der Waals surface area contributed by atoms with Crippen LogP contribution in [0.1, 0.15) is 19.3 Å². The number of likely N-dealkylation sites (tertiary alicyclic amines) is 1. The van der Waals surface area contributed by atoms with Crippen LogP contribution < -0.4 is 5.32 Å². The molecule has 0 radical (unpaired) electrons. The summed E-state index contributed by atoms with van der Waals surface area (Å²) in [7, 11) is 0. The summed E-state index contributed by atoms with van der Waals surface area (Å²) in [4.78, 5) is 2.49. The maximum Gasteiger partial charge on any atom is 0.141 e. The fourth-order valence-corrected chi connectivity index (χ4v) is 2.33. The molecule has 94 valence electrons. The monoisotopic (exact) mass is 256 g/mol. The predicted molar refractivity (Wildman–Crippen MR) is 70.2 cm³/mol. The quantitative estimate of drug-likeness (QED) is 0.813. The average Bonchev–Trinajstić information content (AvgIpc) is 2.82. The van der Waals surface area contributed by atoms with Crippen molar-refractivity contribution in [1.82, 2.24) is 4.90 Å². The molecule has 0 unspecified atom stereocenters. The number of rotatable bonds is 5. The van der Waals surface area contributed by atoms with Crippen LogP contribution in [0.15, 0.2) is 18.2 Å². The summed E-state index contributed by atoms with van der Waals surface area (Å²) in [5.41, 5.74) is 0.887. The summed E-state index contributed by atoms with van der Waals surface area (Å²) in [6.45, 7) is 4.52. The zero-order valence-electron chi connectivity index (χ0n) is 9.88. The summed E-state index contributed by atoms with van der Waals surface area (Å²) in [5, 5.41) is 3.43. The first-order chi connectivity index (χ1) is 8.25. The molecule has 2 nitrogen and oxygen atoms in total. The summed E-state index contributed by atoms with van der Waals surface area (Å²) in [5.74, 6) is -0.366. The molecular weight excluding hydrogens is 239 g/mol. The van der Waals surface area contributed by atoms with Crippen LogP contribution in [0.4, 0.5) is 10.1 Å². The average molecular weight is 257 g/mol. The Labute approximate surface area is 107 Å². The molecule has 1 N–H and O–H groups in total. The molecule has 1 aromatic carbocycles. The van der Waals surface area contributed by atoms with Gasteiger partial charge in [0.15, 0.2) is 0 Å². The Morgan fingerprint density at radius 3 is 2.76 bits per heavy atom. The van der Waals surface area contributed by atoms with E-state index in [1.165, 1.54) is 32.0 Å². The molecule has 0 saturated carbocycles. The van der Waals surface area contributed by atoms with Gasteiger partial charge in [0.05, 0.1) is 5.02 Å². The van der Waals surface area contributed by atoms with Gasteiger partial charge in [0.25, 0.3) is 0 Å². The lowest BCUT2D eigenvalue weighted by Gasteiger charge is -2.14. The highest BCUT2D eigenvalue weighted by Gasteiger charge is 2.10. The van der Waals surface area contributed by atoms with Gasteiger partial charge in [-0.25, -0.2) is 4.39 Å². The fourth-order valence-electron chi connectivity index (χ4n) is 2.15. The van der Waals surface area contributed by atoms with Crippen LogP contribution >= 0.6 is 11.6 Å². The van der Waals surface area contributed by atoms with E-state index in [2.05, 4.69) is 10.2 Å². The molecular formula is C13H18ClFN2. The second-order valence-corrected chi connectivity index (χ2v) is 4.87. The molecule has 1 heterocycles. The van der Waals surface area contributed by atoms with Crippen molar-refractivity contribution < 1.29 is 4.39 Å². The van der Waals surface area contributed by atoms with Gasteiger partial charge in [-0.05, 0) is 57.1 Å². The lowest BCUT2D eigenvalue weighted by atomic mass is 10.3. The van der Waals surface area contributed by atoms with Gasteiger partial charge in [-0.2, -0.15) is 0 Å². The van der Waals surface area contributed by atoms with Crippen LogP contribution in [0.2, 0.25) is 5.02 Å². The Morgan fingerprint density at radius 1 is 1.29 bits per heavy atom. The number of hydrogen-bond acceptors (Lipinski definition) is 2. The lowest BCUT2D eigenvalue weighted by Crippen LogP contribution is -2.22. The highest BCUT2D eigenvalue weighted by molar-refractivity contribution is 6.31. The van der Waals surface area contributed by atoms with Gasteiger partial charge >= 0.3 is 0 Å². The Bertz CT molecular complexity index is 364. The first-order valence-electron chi connectivity index (χ1n) is 6.17. The van der Waals surface area contributed by atoms with Crippen LogP contribution in [-0.4, -0.2) is 31.1 Å². The first-order valence-corrected chi connectivity index (χ1v) is 6.55. The van der Waals surface area contributed by atoms with Gasteiger partial charge in [0.2, 0.25) is 0 Å². The number of hydrogen-bond donors (Lipinski definition) is 1. The number of nitrogens with zero attached hydrogens (tertiary/aromatic N) is 1. The maximum atomic E-state index is 12.9. The zero-order valence-corrected chi connectivity index (χ0v) is 10.6. The molecule has 1 saturated heterocycles. The molecule has 1 aromatic rings. The third kappa shape index (κ3) is 3.86. The third-order valence-electron chi connectivity index (χ3n) is 3.10. The van der Waals surface area contributed by atoms with E-state index in [-0.39, 0.29) is 10.8 Å². The molecule has 1 fully saturated rings. The smallest absolute Gasteiger partial charge is 0.141 e. The fraction of sp³-hybridized carbons (Fsp3) is 0.538. The van der Waals surface area contributed by atoms with Crippen LogP contribution in [0.5, 0.6) is 0 Å². The van der Waals surface area contributed by atoms with Crippen molar-refractivity contribution in [2.75, 3.05) is 31.5 Å². The second kappa shape index (κ2) is 6.22. The minimum Gasteiger partial charge on any atom is -0.385 e. The van der Waals surface area contributed by atoms with E-state index in [9.17, 15) is 4.39 Å². The normalized spacial score (nSPS) is 16.4. The molecule has 0 atom stereocenters.